The molecule has 1 fully saturated rings. The molecule has 2 N–H and O–H groups in total. The monoisotopic (exact) mass is 319 g/mol. The summed E-state index contributed by atoms with van der Waals surface area (Å²) in [6.07, 6.45) is 4.07. The van der Waals surface area contributed by atoms with Crippen molar-refractivity contribution in [3.8, 4) is 0 Å². The minimum Gasteiger partial charge on any atom is -0.391 e. The molecule has 2 aromatic rings. The molecule has 0 radical (unpaired) electrons. The topological polar surface area (TPSA) is 32.3 Å². The molecular formula is C16H18BrNO. The van der Waals surface area contributed by atoms with Gasteiger partial charge in [-0.05, 0) is 30.4 Å². The van der Waals surface area contributed by atoms with Gasteiger partial charge < -0.3 is 10.4 Å². The van der Waals surface area contributed by atoms with Gasteiger partial charge in [0.25, 0.3) is 0 Å². The summed E-state index contributed by atoms with van der Waals surface area (Å²) in [4.78, 5) is 0. The first-order chi connectivity index (χ1) is 9.25. The standard InChI is InChI=1S/C16H18BrNO/c17-13-9-10-14(12-6-2-1-5-11(12)13)18-15-7-3-4-8-16(15)19/h1-2,5-6,9-10,15-16,18-19H,3-4,7-8H2/t15-,16-/m0/s1. The fraction of sp³-hybridized carbons (Fsp3) is 0.375. The number of nitrogens with one attached hydrogen (secondary N) is 1. The predicted molar refractivity (Wildman–Crippen MR) is 83.5 cm³/mol. The van der Waals surface area contributed by atoms with Gasteiger partial charge in [0.1, 0.15) is 0 Å². The van der Waals surface area contributed by atoms with Crippen LogP contribution in [0.5, 0.6) is 0 Å². The van der Waals surface area contributed by atoms with E-state index in [1.165, 1.54) is 17.2 Å². The maximum absolute atomic E-state index is 10.1. The van der Waals surface area contributed by atoms with Gasteiger partial charge in [0.15, 0.2) is 0 Å². The second-order valence-electron chi connectivity index (χ2n) is 5.24. The Morgan fingerprint density at radius 1 is 1.00 bits per heavy atom. The molecule has 3 heteroatoms. The molecule has 2 atom stereocenters. The van der Waals surface area contributed by atoms with Crippen molar-refractivity contribution < 1.29 is 5.11 Å². The maximum atomic E-state index is 10.1. The van der Waals surface area contributed by atoms with Crippen molar-refractivity contribution in [3.05, 3.63) is 40.9 Å². The second kappa shape index (κ2) is 5.51. The lowest BCUT2D eigenvalue weighted by atomic mass is 9.92. The van der Waals surface area contributed by atoms with Gasteiger partial charge in [-0.3, -0.25) is 0 Å². The van der Waals surface area contributed by atoms with Crippen molar-refractivity contribution in [2.75, 3.05) is 5.32 Å². The highest BCUT2D eigenvalue weighted by Gasteiger charge is 2.23. The van der Waals surface area contributed by atoms with Crippen LogP contribution in [0.3, 0.4) is 0 Å². The van der Waals surface area contributed by atoms with Gasteiger partial charge in [-0.1, -0.05) is 53.0 Å². The fourth-order valence-electron chi connectivity index (χ4n) is 2.87. The minimum atomic E-state index is -0.226. The lowest BCUT2D eigenvalue weighted by molar-refractivity contribution is 0.116. The molecule has 0 aliphatic heterocycles. The Balaban J connectivity index is 1.94. The van der Waals surface area contributed by atoms with E-state index in [0.717, 1.165) is 29.4 Å². The highest BCUT2D eigenvalue weighted by atomic mass is 79.9. The average molecular weight is 320 g/mol. The number of fused-ring (bicyclic) bond motifs is 1. The van der Waals surface area contributed by atoms with Crippen molar-refractivity contribution in [1.82, 2.24) is 0 Å². The first-order valence-corrected chi connectivity index (χ1v) is 7.67. The zero-order valence-corrected chi connectivity index (χ0v) is 12.4. The van der Waals surface area contributed by atoms with E-state index in [1.807, 2.05) is 6.07 Å². The Morgan fingerprint density at radius 2 is 1.74 bits per heavy atom. The summed E-state index contributed by atoms with van der Waals surface area (Å²) in [6.45, 7) is 0. The van der Waals surface area contributed by atoms with Crippen LogP contribution in [-0.2, 0) is 0 Å². The van der Waals surface area contributed by atoms with E-state index in [9.17, 15) is 5.11 Å². The number of hydrogen-bond acceptors (Lipinski definition) is 2. The number of anilines is 1. The molecule has 100 valence electrons. The van der Waals surface area contributed by atoms with Crippen LogP contribution in [0.25, 0.3) is 10.8 Å². The van der Waals surface area contributed by atoms with Crippen LogP contribution < -0.4 is 5.32 Å². The van der Waals surface area contributed by atoms with E-state index in [-0.39, 0.29) is 12.1 Å². The third kappa shape index (κ3) is 2.63. The SMILES string of the molecule is O[C@H]1CCCC[C@@H]1Nc1ccc(Br)c2ccccc12. The van der Waals surface area contributed by atoms with Crippen molar-refractivity contribution in [2.24, 2.45) is 0 Å². The Hall–Kier alpha value is -1.06. The molecule has 19 heavy (non-hydrogen) atoms. The number of aliphatic hydroxyl groups excluding tert-OH is 1. The van der Waals surface area contributed by atoms with Crippen LogP contribution in [0.15, 0.2) is 40.9 Å². The number of hydrogen-bond donors (Lipinski definition) is 2. The summed E-state index contributed by atoms with van der Waals surface area (Å²) in [6, 6.07) is 12.7. The Labute approximate surface area is 122 Å². The number of aliphatic hydroxyl groups is 1. The third-order valence-corrected chi connectivity index (χ3v) is 4.63. The van der Waals surface area contributed by atoms with Gasteiger partial charge in [0.05, 0.1) is 12.1 Å². The number of benzene rings is 2. The molecule has 2 aromatic carbocycles. The Kier molecular flexibility index (Phi) is 3.76. The normalized spacial score (nSPS) is 23.5. The molecule has 0 aromatic heterocycles. The van der Waals surface area contributed by atoms with E-state index >= 15 is 0 Å². The fourth-order valence-corrected chi connectivity index (χ4v) is 3.35. The van der Waals surface area contributed by atoms with E-state index in [0.29, 0.717) is 0 Å². The molecule has 0 amide bonds. The van der Waals surface area contributed by atoms with E-state index in [4.69, 9.17) is 0 Å². The van der Waals surface area contributed by atoms with Crippen molar-refractivity contribution in [1.29, 1.82) is 0 Å². The van der Waals surface area contributed by atoms with Crippen LogP contribution >= 0.6 is 15.9 Å². The van der Waals surface area contributed by atoms with Crippen LogP contribution in [-0.4, -0.2) is 17.3 Å². The van der Waals surface area contributed by atoms with Crippen LogP contribution in [0.2, 0.25) is 0 Å². The third-order valence-electron chi connectivity index (χ3n) is 3.94. The van der Waals surface area contributed by atoms with Crippen molar-refractivity contribution in [3.63, 3.8) is 0 Å². The van der Waals surface area contributed by atoms with Gasteiger partial charge in [0, 0.05) is 15.5 Å². The van der Waals surface area contributed by atoms with Crippen LogP contribution in [0.1, 0.15) is 25.7 Å². The van der Waals surface area contributed by atoms with Gasteiger partial charge in [-0.15, -0.1) is 0 Å². The van der Waals surface area contributed by atoms with Gasteiger partial charge >= 0.3 is 0 Å². The maximum Gasteiger partial charge on any atom is 0.0741 e. The highest BCUT2D eigenvalue weighted by Crippen LogP contribution is 2.32. The Bertz CT molecular complexity index is 584. The van der Waals surface area contributed by atoms with E-state index < -0.39 is 0 Å². The molecular weight excluding hydrogens is 302 g/mol. The van der Waals surface area contributed by atoms with Gasteiger partial charge in [0.2, 0.25) is 0 Å². The summed E-state index contributed by atoms with van der Waals surface area (Å²) in [5.41, 5.74) is 1.12. The molecule has 1 aliphatic carbocycles. The molecule has 1 aliphatic rings. The Morgan fingerprint density at radius 3 is 2.53 bits per heavy atom. The average Bonchev–Trinajstić information content (AvgIpc) is 2.44. The van der Waals surface area contributed by atoms with E-state index in [1.54, 1.807) is 0 Å². The van der Waals surface area contributed by atoms with Crippen LogP contribution in [0.4, 0.5) is 5.69 Å². The lowest BCUT2D eigenvalue weighted by Crippen LogP contribution is -2.36. The molecule has 2 nitrogen and oxygen atoms in total. The quantitative estimate of drug-likeness (QED) is 0.864. The molecule has 1 saturated carbocycles. The van der Waals surface area contributed by atoms with Crippen LogP contribution in [0, 0.1) is 0 Å². The predicted octanol–water partition coefficient (Wildman–Crippen LogP) is 4.32. The molecule has 0 bridgehead atoms. The van der Waals surface area contributed by atoms with Crippen molar-refractivity contribution in [2.45, 2.75) is 37.8 Å². The molecule has 0 unspecified atom stereocenters. The number of halogens is 1. The highest BCUT2D eigenvalue weighted by molar-refractivity contribution is 9.10. The minimum absolute atomic E-state index is 0.179. The zero-order valence-electron chi connectivity index (χ0n) is 10.8. The van der Waals surface area contributed by atoms with Gasteiger partial charge in [-0.2, -0.15) is 0 Å². The molecule has 0 saturated heterocycles. The first kappa shape index (κ1) is 12.9. The summed E-state index contributed by atoms with van der Waals surface area (Å²) < 4.78 is 1.11. The second-order valence-corrected chi connectivity index (χ2v) is 6.10. The molecule has 0 heterocycles. The largest absolute Gasteiger partial charge is 0.391 e. The van der Waals surface area contributed by atoms with Crippen molar-refractivity contribution >= 4 is 32.4 Å². The summed E-state index contributed by atoms with van der Waals surface area (Å²) in [5, 5.41) is 16.0. The smallest absolute Gasteiger partial charge is 0.0741 e. The lowest BCUT2D eigenvalue weighted by Gasteiger charge is -2.29. The first-order valence-electron chi connectivity index (χ1n) is 6.87. The van der Waals surface area contributed by atoms with Gasteiger partial charge in [-0.25, -0.2) is 0 Å². The zero-order chi connectivity index (χ0) is 13.2. The molecule has 3 rings (SSSR count). The summed E-state index contributed by atoms with van der Waals surface area (Å²) >= 11 is 3.59. The summed E-state index contributed by atoms with van der Waals surface area (Å²) in [7, 11) is 0. The summed E-state index contributed by atoms with van der Waals surface area (Å²) in [5.74, 6) is 0. The number of rotatable bonds is 2. The molecule has 0 spiro atoms. The van der Waals surface area contributed by atoms with E-state index in [2.05, 4.69) is 51.6 Å².